The maximum atomic E-state index is 12.0. The quantitative estimate of drug-likeness (QED) is 0.365. The molecule has 1 saturated carbocycles. The lowest BCUT2D eigenvalue weighted by molar-refractivity contribution is -0.124. The molecule has 10 heteroatoms. The number of hydrogen-bond acceptors (Lipinski definition) is 8. The molecule has 0 radical (unpaired) electrons. The minimum Gasteiger partial charge on any atom is -0.351 e. The zero-order valence-electron chi connectivity index (χ0n) is 18.8. The number of benzene rings is 1. The summed E-state index contributed by atoms with van der Waals surface area (Å²) in [5.41, 5.74) is 3.79. The Morgan fingerprint density at radius 2 is 2.00 bits per heavy atom. The minimum atomic E-state index is -0.372. The van der Waals surface area contributed by atoms with Crippen molar-refractivity contribution in [1.29, 1.82) is 0 Å². The van der Waals surface area contributed by atoms with Crippen LogP contribution in [0.3, 0.4) is 0 Å². The second-order valence-corrected chi connectivity index (χ2v) is 9.16. The van der Waals surface area contributed by atoms with Gasteiger partial charge in [0.1, 0.15) is 0 Å². The fourth-order valence-corrected chi connectivity index (χ4v) is 4.44. The van der Waals surface area contributed by atoms with Crippen molar-refractivity contribution in [3.63, 3.8) is 0 Å². The van der Waals surface area contributed by atoms with E-state index in [2.05, 4.69) is 43.1 Å². The van der Waals surface area contributed by atoms with Gasteiger partial charge in [0.25, 0.3) is 5.91 Å². The van der Waals surface area contributed by atoms with Crippen LogP contribution in [0.25, 0.3) is 11.7 Å². The monoisotopic (exact) mass is 458 g/mol. The maximum Gasteiger partial charge on any atom is 0.254 e. The van der Waals surface area contributed by atoms with Crippen molar-refractivity contribution in [3.05, 3.63) is 47.2 Å². The Kier molecular flexibility index (Phi) is 5.21. The predicted molar refractivity (Wildman–Crippen MR) is 127 cm³/mol. The number of imide groups is 1. The molecule has 0 atom stereocenters. The normalized spacial score (nSPS) is 19.8. The molecule has 0 spiro atoms. The van der Waals surface area contributed by atoms with Crippen molar-refractivity contribution < 1.29 is 9.59 Å². The van der Waals surface area contributed by atoms with E-state index in [4.69, 9.17) is 4.98 Å². The van der Waals surface area contributed by atoms with Crippen molar-refractivity contribution in [2.45, 2.75) is 44.7 Å². The van der Waals surface area contributed by atoms with Gasteiger partial charge in [0.15, 0.2) is 5.65 Å². The van der Waals surface area contributed by atoms with Crippen molar-refractivity contribution in [2.24, 2.45) is 0 Å². The van der Waals surface area contributed by atoms with Gasteiger partial charge in [0, 0.05) is 29.4 Å². The molecule has 3 aromatic rings. The van der Waals surface area contributed by atoms with Crippen molar-refractivity contribution >= 4 is 41.1 Å². The van der Waals surface area contributed by atoms with Crippen LogP contribution in [0.4, 0.5) is 17.6 Å². The van der Waals surface area contributed by atoms with E-state index in [-0.39, 0.29) is 18.2 Å². The number of anilines is 3. The SMILES string of the molecule is O=C1C/C(=C\c2cnn3c(NC4CC4)nc(Nc4cccc(CN5CCCC5)c4)nc23)C(=O)N1. The number of amides is 2. The summed E-state index contributed by atoms with van der Waals surface area (Å²) in [6.45, 7) is 3.23. The van der Waals surface area contributed by atoms with Gasteiger partial charge in [-0.1, -0.05) is 12.1 Å². The standard InChI is InChI=1S/C24H26N8O2/c33-20-12-16(22(34)28-20)11-17-13-25-32-21(17)29-23(30-24(32)27-18-6-7-18)26-19-5-3-4-15(10-19)14-31-8-1-2-9-31/h3-5,10-11,13,18H,1-2,6-9,12,14H2,(H,28,33,34)(H2,26,27,29,30)/b16-11+. The van der Waals surface area contributed by atoms with Crippen molar-refractivity contribution in [1.82, 2.24) is 29.8 Å². The second kappa shape index (κ2) is 8.53. The summed E-state index contributed by atoms with van der Waals surface area (Å²) in [6.07, 6.45) is 8.09. The first kappa shape index (κ1) is 20.8. The molecule has 174 valence electrons. The molecule has 34 heavy (non-hydrogen) atoms. The Balaban J connectivity index is 1.32. The largest absolute Gasteiger partial charge is 0.351 e. The average molecular weight is 459 g/mol. The summed E-state index contributed by atoms with van der Waals surface area (Å²) in [4.78, 5) is 35.5. The Labute approximate surface area is 196 Å². The summed E-state index contributed by atoms with van der Waals surface area (Å²) >= 11 is 0. The molecular weight excluding hydrogens is 432 g/mol. The summed E-state index contributed by atoms with van der Waals surface area (Å²) in [7, 11) is 0. The Morgan fingerprint density at radius 3 is 2.76 bits per heavy atom. The van der Waals surface area contributed by atoms with Gasteiger partial charge >= 0.3 is 0 Å². The topological polar surface area (TPSA) is 117 Å². The number of carbonyl (C=O) groups excluding carboxylic acids is 2. The van der Waals surface area contributed by atoms with Gasteiger partial charge in [0.05, 0.1) is 12.6 Å². The van der Waals surface area contributed by atoms with Gasteiger partial charge in [0.2, 0.25) is 17.8 Å². The molecule has 2 aromatic heterocycles. The lowest BCUT2D eigenvalue weighted by Crippen LogP contribution is -2.19. The lowest BCUT2D eigenvalue weighted by atomic mass is 10.1. The van der Waals surface area contributed by atoms with Crippen LogP contribution in [-0.4, -0.2) is 55.4 Å². The van der Waals surface area contributed by atoms with E-state index in [0.717, 1.165) is 38.2 Å². The van der Waals surface area contributed by atoms with Crippen LogP contribution >= 0.6 is 0 Å². The third kappa shape index (κ3) is 4.36. The molecule has 6 rings (SSSR count). The van der Waals surface area contributed by atoms with Crippen LogP contribution in [0.2, 0.25) is 0 Å². The predicted octanol–water partition coefficient (Wildman–Crippen LogP) is 2.47. The smallest absolute Gasteiger partial charge is 0.254 e. The van der Waals surface area contributed by atoms with Gasteiger partial charge in [-0.3, -0.25) is 19.8 Å². The Hall–Kier alpha value is -3.79. The number of fused-ring (bicyclic) bond motifs is 1. The first-order chi connectivity index (χ1) is 16.6. The summed E-state index contributed by atoms with van der Waals surface area (Å²) in [6, 6.07) is 8.69. The maximum absolute atomic E-state index is 12.0. The summed E-state index contributed by atoms with van der Waals surface area (Å²) in [5, 5.41) is 13.5. The number of carbonyl (C=O) groups is 2. The number of hydrogen-bond donors (Lipinski definition) is 3. The van der Waals surface area contributed by atoms with Crippen LogP contribution in [0.15, 0.2) is 36.0 Å². The van der Waals surface area contributed by atoms with Gasteiger partial charge in [-0.25, -0.2) is 0 Å². The van der Waals surface area contributed by atoms with Crippen molar-refractivity contribution in [2.75, 3.05) is 23.7 Å². The number of aromatic nitrogens is 4. The summed E-state index contributed by atoms with van der Waals surface area (Å²) in [5.74, 6) is 0.374. The van der Waals surface area contributed by atoms with E-state index >= 15 is 0 Å². The molecule has 3 aliphatic rings. The fraction of sp³-hybridized carbons (Fsp3) is 0.375. The summed E-state index contributed by atoms with van der Waals surface area (Å²) < 4.78 is 1.65. The van der Waals surface area contributed by atoms with E-state index in [0.29, 0.717) is 34.7 Å². The molecule has 0 unspecified atom stereocenters. The van der Waals surface area contributed by atoms with E-state index in [1.807, 2.05) is 12.1 Å². The molecule has 2 aliphatic heterocycles. The number of likely N-dealkylation sites (tertiary alicyclic amines) is 1. The van der Waals surface area contributed by atoms with E-state index in [1.165, 1.54) is 18.4 Å². The molecule has 1 aliphatic carbocycles. The van der Waals surface area contributed by atoms with Crippen LogP contribution < -0.4 is 16.0 Å². The van der Waals surface area contributed by atoms with Gasteiger partial charge < -0.3 is 10.6 Å². The Bertz CT molecular complexity index is 1300. The number of nitrogens with zero attached hydrogens (tertiary/aromatic N) is 5. The number of rotatable bonds is 7. The van der Waals surface area contributed by atoms with Crippen LogP contribution in [-0.2, 0) is 16.1 Å². The third-order valence-electron chi connectivity index (χ3n) is 6.32. The first-order valence-corrected chi connectivity index (χ1v) is 11.8. The van der Waals surface area contributed by atoms with E-state index < -0.39 is 0 Å². The first-order valence-electron chi connectivity index (χ1n) is 11.8. The van der Waals surface area contributed by atoms with Crippen LogP contribution in [0.5, 0.6) is 0 Å². The van der Waals surface area contributed by atoms with Crippen molar-refractivity contribution in [3.8, 4) is 0 Å². The average Bonchev–Trinajstić information content (AvgIpc) is 3.15. The molecule has 4 heterocycles. The van der Waals surface area contributed by atoms with Crippen LogP contribution in [0, 0.1) is 0 Å². The van der Waals surface area contributed by atoms with E-state index in [1.54, 1.807) is 16.8 Å². The van der Waals surface area contributed by atoms with Crippen LogP contribution in [0.1, 0.15) is 43.2 Å². The minimum absolute atomic E-state index is 0.0589. The number of nitrogens with one attached hydrogen (secondary N) is 3. The highest BCUT2D eigenvalue weighted by atomic mass is 16.2. The Morgan fingerprint density at radius 1 is 1.15 bits per heavy atom. The zero-order chi connectivity index (χ0) is 23.1. The molecule has 1 aromatic carbocycles. The molecular formula is C24H26N8O2. The molecule has 3 fully saturated rings. The zero-order valence-corrected chi connectivity index (χ0v) is 18.8. The van der Waals surface area contributed by atoms with E-state index in [9.17, 15) is 9.59 Å². The highest BCUT2D eigenvalue weighted by Crippen LogP contribution is 2.27. The molecule has 2 amide bonds. The highest BCUT2D eigenvalue weighted by Gasteiger charge is 2.26. The lowest BCUT2D eigenvalue weighted by Gasteiger charge is -2.15. The van der Waals surface area contributed by atoms with Gasteiger partial charge in [-0.15, -0.1) is 0 Å². The third-order valence-corrected chi connectivity index (χ3v) is 6.32. The van der Waals surface area contributed by atoms with Gasteiger partial charge in [-0.05, 0) is 62.5 Å². The molecule has 0 bridgehead atoms. The molecule has 3 N–H and O–H groups in total. The molecule has 10 nitrogen and oxygen atoms in total. The molecule has 2 saturated heterocycles. The second-order valence-electron chi connectivity index (χ2n) is 9.16. The highest BCUT2D eigenvalue weighted by molar-refractivity contribution is 6.15. The van der Waals surface area contributed by atoms with Gasteiger partial charge in [-0.2, -0.15) is 19.6 Å². The fourth-order valence-electron chi connectivity index (χ4n) is 4.44.